The molecule has 4 nitrogen and oxygen atoms in total. The summed E-state index contributed by atoms with van der Waals surface area (Å²) >= 11 is 3.29. The lowest BCUT2D eigenvalue weighted by Crippen LogP contribution is -2.33. The first-order valence-corrected chi connectivity index (χ1v) is 8.32. The molecule has 0 aliphatic heterocycles. The van der Waals surface area contributed by atoms with E-state index in [1.54, 1.807) is 12.1 Å². The molecule has 0 bridgehead atoms. The van der Waals surface area contributed by atoms with Gasteiger partial charge in [0.2, 0.25) is 10.0 Å². The van der Waals surface area contributed by atoms with Crippen LogP contribution in [0, 0.1) is 5.41 Å². The molecule has 1 aromatic carbocycles. The molecule has 0 fully saturated rings. The second kappa shape index (κ2) is 6.24. The lowest BCUT2D eigenvalue weighted by Gasteiger charge is -2.22. The monoisotopic (exact) mass is 349 g/mol. The number of halogens is 1. The van der Waals surface area contributed by atoms with E-state index in [4.69, 9.17) is 4.74 Å². The van der Waals surface area contributed by atoms with Crippen LogP contribution in [0.5, 0.6) is 5.75 Å². The summed E-state index contributed by atoms with van der Waals surface area (Å²) < 4.78 is 32.7. The van der Waals surface area contributed by atoms with Crippen molar-refractivity contribution in [1.29, 1.82) is 0 Å². The number of hydrogen-bond acceptors (Lipinski definition) is 3. The molecule has 0 atom stereocenters. The molecule has 6 heteroatoms. The fourth-order valence-corrected chi connectivity index (χ4v) is 3.27. The first-order valence-electron chi connectivity index (χ1n) is 6.05. The molecule has 108 valence electrons. The van der Waals surface area contributed by atoms with Gasteiger partial charge in [-0.25, -0.2) is 13.1 Å². The van der Waals surface area contributed by atoms with Crippen molar-refractivity contribution in [3.05, 3.63) is 22.7 Å². The van der Waals surface area contributed by atoms with E-state index in [1.165, 1.54) is 13.2 Å². The highest BCUT2D eigenvalue weighted by molar-refractivity contribution is 9.10. The van der Waals surface area contributed by atoms with Gasteiger partial charge in [0.15, 0.2) is 0 Å². The van der Waals surface area contributed by atoms with Crippen LogP contribution >= 0.6 is 15.9 Å². The number of hydrogen-bond donors (Lipinski definition) is 1. The van der Waals surface area contributed by atoms with Crippen LogP contribution in [0.4, 0.5) is 0 Å². The van der Waals surface area contributed by atoms with Crippen molar-refractivity contribution in [2.24, 2.45) is 5.41 Å². The molecule has 0 heterocycles. The molecular weight excluding hydrogens is 330 g/mol. The normalized spacial score (nSPS) is 12.5. The third kappa shape index (κ3) is 4.47. The topological polar surface area (TPSA) is 55.4 Å². The Morgan fingerprint density at radius 3 is 2.47 bits per heavy atom. The lowest BCUT2D eigenvalue weighted by molar-refractivity contribution is 0.350. The van der Waals surface area contributed by atoms with E-state index in [2.05, 4.69) is 20.7 Å². The smallest absolute Gasteiger partial charge is 0.240 e. The Morgan fingerprint density at radius 2 is 2.00 bits per heavy atom. The second-order valence-corrected chi connectivity index (χ2v) is 7.76. The average Bonchev–Trinajstić information content (AvgIpc) is 2.36. The van der Waals surface area contributed by atoms with Crippen molar-refractivity contribution in [2.45, 2.75) is 32.1 Å². The van der Waals surface area contributed by atoms with Gasteiger partial charge in [-0.1, -0.05) is 20.8 Å². The average molecular weight is 350 g/mol. The van der Waals surface area contributed by atoms with E-state index in [1.807, 2.05) is 20.8 Å². The van der Waals surface area contributed by atoms with E-state index in [0.717, 1.165) is 6.42 Å². The quantitative estimate of drug-likeness (QED) is 0.857. The van der Waals surface area contributed by atoms with E-state index in [9.17, 15) is 8.42 Å². The maximum atomic E-state index is 12.2. The highest BCUT2D eigenvalue weighted by Gasteiger charge is 2.21. The van der Waals surface area contributed by atoms with E-state index < -0.39 is 10.0 Å². The van der Waals surface area contributed by atoms with E-state index >= 15 is 0 Å². The van der Waals surface area contributed by atoms with Gasteiger partial charge in [0.25, 0.3) is 0 Å². The molecule has 0 aromatic heterocycles. The predicted octanol–water partition coefficient (Wildman–Crippen LogP) is 3.17. The van der Waals surface area contributed by atoms with Gasteiger partial charge in [-0.2, -0.15) is 0 Å². The van der Waals surface area contributed by atoms with Gasteiger partial charge in [-0.3, -0.25) is 0 Å². The largest absolute Gasteiger partial charge is 0.496 e. The first-order chi connectivity index (χ1) is 8.72. The maximum absolute atomic E-state index is 12.2. The van der Waals surface area contributed by atoms with Crippen molar-refractivity contribution < 1.29 is 13.2 Å². The SMILES string of the molecule is CCC(C)(C)CNS(=O)(=O)c1ccc(OC)c(Br)c1. The number of nitrogens with one attached hydrogen (secondary N) is 1. The molecule has 0 aliphatic carbocycles. The molecule has 0 amide bonds. The molecule has 0 unspecified atom stereocenters. The second-order valence-electron chi connectivity index (χ2n) is 5.14. The molecule has 19 heavy (non-hydrogen) atoms. The Bertz CT molecular complexity index is 541. The van der Waals surface area contributed by atoms with Crippen LogP contribution in [0.1, 0.15) is 27.2 Å². The number of ether oxygens (including phenoxy) is 1. The van der Waals surface area contributed by atoms with Crippen LogP contribution in [0.2, 0.25) is 0 Å². The van der Waals surface area contributed by atoms with Gasteiger partial charge in [0, 0.05) is 6.54 Å². The summed E-state index contributed by atoms with van der Waals surface area (Å²) in [5.41, 5.74) is -0.0588. The molecule has 0 saturated carbocycles. The van der Waals surface area contributed by atoms with Gasteiger partial charge in [-0.05, 0) is 46.0 Å². The van der Waals surface area contributed by atoms with E-state index in [0.29, 0.717) is 16.8 Å². The lowest BCUT2D eigenvalue weighted by atomic mass is 9.91. The summed E-state index contributed by atoms with van der Waals surface area (Å²) in [6.07, 6.45) is 0.905. The molecule has 1 aromatic rings. The minimum atomic E-state index is -3.49. The molecular formula is C13H20BrNO3S. The third-order valence-electron chi connectivity index (χ3n) is 3.13. The van der Waals surface area contributed by atoms with Crippen LogP contribution in [0.15, 0.2) is 27.6 Å². The third-order valence-corrected chi connectivity index (χ3v) is 5.15. The Balaban J connectivity index is 2.92. The molecule has 0 aliphatic rings. The number of sulfonamides is 1. The minimum absolute atomic E-state index is 0.0588. The summed E-state index contributed by atoms with van der Waals surface area (Å²) in [7, 11) is -1.95. The van der Waals surface area contributed by atoms with Crippen molar-refractivity contribution in [1.82, 2.24) is 4.72 Å². The summed E-state index contributed by atoms with van der Waals surface area (Å²) in [5, 5.41) is 0. The summed E-state index contributed by atoms with van der Waals surface area (Å²) in [5.74, 6) is 0.604. The fraction of sp³-hybridized carbons (Fsp3) is 0.538. The molecule has 0 spiro atoms. The van der Waals surface area contributed by atoms with Crippen molar-refractivity contribution in [3.8, 4) is 5.75 Å². The number of rotatable bonds is 6. The van der Waals surface area contributed by atoms with Crippen LogP contribution in [-0.4, -0.2) is 22.1 Å². The highest BCUT2D eigenvalue weighted by Crippen LogP contribution is 2.27. The zero-order valence-corrected chi connectivity index (χ0v) is 14.1. The van der Waals surface area contributed by atoms with Crippen LogP contribution in [-0.2, 0) is 10.0 Å². The zero-order chi connectivity index (χ0) is 14.7. The minimum Gasteiger partial charge on any atom is -0.496 e. The zero-order valence-electron chi connectivity index (χ0n) is 11.7. The van der Waals surface area contributed by atoms with Gasteiger partial charge >= 0.3 is 0 Å². The summed E-state index contributed by atoms with van der Waals surface area (Å²) in [4.78, 5) is 0.229. The van der Waals surface area contributed by atoms with Gasteiger partial charge < -0.3 is 4.74 Å². The Morgan fingerprint density at radius 1 is 1.37 bits per heavy atom. The van der Waals surface area contributed by atoms with Gasteiger partial charge in [-0.15, -0.1) is 0 Å². The Kier molecular flexibility index (Phi) is 5.41. The van der Waals surface area contributed by atoms with Crippen molar-refractivity contribution in [2.75, 3.05) is 13.7 Å². The highest BCUT2D eigenvalue weighted by atomic mass is 79.9. The Hall–Kier alpha value is -0.590. The molecule has 0 radical (unpaired) electrons. The standard InChI is InChI=1S/C13H20BrNO3S/c1-5-13(2,3)9-15-19(16,17)10-6-7-12(18-4)11(14)8-10/h6-8,15H,5,9H2,1-4H3. The van der Waals surface area contributed by atoms with Crippen LogP contribution in [0.3, 0.4) is 0 Å². The fourth-order valence-electron chi connectivity index (χ4n) is 1.31. The van der Waals surface area contributed by atoms with Crippen LogP contribution < -0.4 is 9.46 Å². The molecule has 1 N–H and O–H groups in total. The summed E-state index contributed by atoms with van der Waals surface area (Å²) in [6.45, 7) is 6.51. The first kappa shape index (κ1) is 16.5. The summed E-state index contributed by atoms with van der Waals surface area (Å²) in [6, 6.07) is 4.70. The number of benzene rings is 1. The molecule has 0 saturated heterocycles. The van der Waals surface area contributed by atoms with Crippen molar-refractivity contribution in [3.63, 3.8) is 0 Å². The van der Waals surface area contributed by atoms with Crippen LogP contribution in [0.25, 0.3) is 0 Å². The number of methoxy groups -OCH3 is 1. The van der Waals surface area contributed by atoms with Gasteiger partial charge in [0.1, 0.15) is 5.75 Å². The molecule has 1 rings (SSSR count). The van der Waals surface area contributed by atoms with E-state index in [-0.39, 0.29) is 10.3 Å². The Labute approximate surface area is 123 Å². The van der Waals surface area contributed by atoms with Gasteiger partial charge in [0.05, 0.1) is 16.5 Å². The van der Waals surface area contributed by atoms with Crippen molar-refractivity contribution >= 4 is 26.0 Å². The predicted molar refractivity (Wildman–Crippen MR) is 80.0 cm³/mol. The maximum Gasteiger partial charge on any atom is 0.240 e.